The van der Waals surface area contributed by atoms with Gasteiger partial charge in [-0.05, 0) is 31.4 Å². The van der Waals surface area contributed by atoms with Gasteiger partial charge in [0.25, 0.3) is 0 Å². The van der Waals surface area contributed by atoms with Gasteiger partial charge in [0.05, 0.1) is 6.07 Å². The van der Waals surface area contributed by atoms with Crippen LogP contribution >= 0.6 is 11.6 Å². The monoisotopic (exact) mass is 220 g/mol. The molecule has 1 aromatic carbocycles. The Morgan fingerprint density at radius 2 is 2.20 bits per heavy atom. The predicted octanol–water partition coefficient (Wildman–Crippen LogP) is 2.90. The first-order valence-electron chi connectivity index (χ1n) is 5.18. The molecular formula is C12H13ClN2. The standard InChI is InChI=1S/C12H13ClN2/c13-11-4-2-1-3-10(11)12(7-14)15-8-9-5-6-9/h1-4,9,12,15H,5-6,8H2. The molecular weight excluding hydrogens is 208 g/mol. The highest BCUT2D eigenvalue weighted by Gasteiger charge is 2.23. The van der Waals surface area contributed by atoms with E-state index in [-0.39, 0.29) is 6.04 Å². The Labute approximate surface area is 94.9 Å². The second kappa shape index (κ2) is 4.65. The van der Waals surface area contributed by atoms with Gasteiger partial charge in [0, 0.05) is 10.6 Å². The molecule has 1 aromatic rings. The Bertz CT molecular complexity index is 379. The van der Waals surface area contributed by atoms with Crippen molar-refractivity contribution >= 4 is 11.6 Å². The molecule has 0 spiro atoms. The van der Waals surface area contributed by atoms with Crippen molar-refractivity contribution in [2.75, 3.05) is 6.54 Å². The molecule has 0 bridgehead atoms. The van der Waals surface area contributed by atoms with Crippen molar-refractivity contribution in [2.45, 2.75) is 18.9 Å². The lowest BCUT2D eigenvalue weighted by Gasteiger charge is -2.12. The molecule has 15 heavy (non-hydrogen) atoms. The van der Waals surface area contributed by atoms with Crippen molar-refractivity contribution in [2.24, 2.45) is 5.92 Å². The molecule has 1 aliphatic carbocycles. The first kappa shape index (κ1) is 10.5. The lowest BCUT2D eigenvalue weighted by Crippen LogP contribution is -2.22. The Hall–Kier alpha value is -1.04. The van der Waals surface area contributed by atoms with E-state index in [0.717, 1.165) is 18.0 Å². The van der Waals surface area contributed by atoms with Gasteiger partial charge in [-0.15, -0.1) is 0 Å². The minimum atomic E-state index is -0.278. The van der Waals surface area contributed by atoms with Gasteiger partial charge < -0.3 is 0 Å². The van der Waals surface area contributed by atoms with E-state index >= 15 is 0 Å². The van der Waals surface area contributed by atoms with Crippen LogP contribution in [0.4, 0.5) is 0 Å². The SMILES string of the molecule is N#CC(NCC1CC1)c1ccccc1Cl. The minimum absolute atomic E-state index is 0.278. The summed E-state index contributed by atoms with van der Waals surface area (Å²) >= 11 is 6.04. The molecule has 0 radical (unpaired) electrons. The van der Waals surface area contributed by atoms with Gasteiger partial charge in [-0.25, -0.2) is 0 Å². The Morgan fingerprint density at radius 1 is 1.47 bits per heavy atom. The van der Waals surface area contributed by atoms with E-state index in [2.05, 4.69) is 11.4 Å². The first-order chi connectivity index (χ1) is 7.31. The fraction of sp³-hybridized carbons (Fsp3) is 0.417. The van der Waals surface area contributed by atoms with Gasteiger partial charge in [-0.3, -0.25) is 5.32 Å². The van der Waals surface area contributed by atoms with E-state index < -0.39 is 0 Å². The van der Waals surface area contributed by atoms with Crippen LogP contribution in [-0.2, 0) is 0 Å². The second-order valence-electron chi connectivity index (χ2n) is 3.94. The van der Waals surface area contributed by atoms with Gasteiger partial charge in [0.15, 0.2) is 0 Å². The molecule has 1 saturated carbocycles. The highest BCUT2D eigenvalue weighted by molar-refractivity contribution is 6.31. The van der Waals surface area contributed by atoms with Crippen molar-refractivity contribution in [3.05, 3.63) is 34.9 Å². The number of nitrogens with one attached hydrogen (secondary N) is 1. The number of rotatable bonds is 4. The Kier molecular flexibility index (Phi) is 3.25. The fourth-order valence-electron chi connectivity index (χ4n) is 1.54. The summed E-state index contributed by atoms with van der Waals surface area (Å²) in [6, 6.07) is 9.47. The van der Waals surface area contributed by atoms with Crippen LogP contribution in [0.5, 0.6) is 0 Å². The lowest BCUT2D eigenvalue weighted by molar-refractivity contribution is 0.593. The average molecular weight is 221 g/mol. The maximum Gasteiger partial charge on any atom is 0.122 e. The molecule has 1 atom stereocenters. The van der Waals surface area contributed by atoms with Crippen LogP contribution in [-0.4, -0.2) is 6.54 Å². The van der Waals surface area contributed by atoms with Crippen molar-refractivity contribution in [1.29, 1.82) is 5.26 Å². The summed E-state index contributed by atoms with van der Waals surface area (Å²) in [5, 5.41) is 13.0. The summed E-state index contributed by atoms with van der Waals surface area (Å²) in [7, 11) is 0. The smallest absolute Gasteiger partial charge is 0.122 e. The number of halogens is 1. The Balaban J connectivity index is 2.05. The zero-order valence-corrected chi connectivity index (χ0v) is 9.17. The molecule has 78 valence electrons. The highest BCUT2D eigenvalue weighted by Crippen LogP contribution is 2.29. The zero-order valence-electron chi connectivity index (χ0n) is 8.41. The summed E-state index contributed by atoms with van der Waals surface area (Å²) in [5.41, 5.74) is 0.877. The summed E-state index contributed by atoms with van der Waals surface area (Å²) in [4.78, 5) is 0. The van der Waals surface area contributed by atoms with Gasteiger partial charge in [-0.2, -0.15) is 5.26 Å². The van der Waals surface area contributed by atoms with Gasteiger partial charge in [0.2, 0.25) is 0 Å². The van der Waals surface area contributed by atoms with Crippen molar-refractivity contribution in [3.63, 3.8) is 0 Å². The molecule has 2 rings (SSSR count). The lowest BCUT2D eigenvalue weighted by atomic mass is 10.1. The maximum absolute atomic E-state index is 9.07. The predicted molar refractivity (Wildman–Crippen MR) is 60.5 cm³/mol. The number of benzene rings is 1. The highest BCUT2D eigenvalue weighted by atomic mass is 35.5. The van der Waals surface area contributed by atoms with E-state index in [1.807, 2.05) is 24.3 Å². The number of nitriles is 1. The third-order valence-electron chi connectivity index (χ3n) is 2.65. The number of nitrogens with zero attached hydrogens (tertiary/aromatic N) is 1. The van der Waals surface area contributed by atoms with Crippen LogP contribution in [0.25, 0.3) is 0 Å². The fourth-order valence-corrected chi connectivity index (χ4v) is 1.79. The quantitative estimate of drug-likeness (QED) is 0.847. The molecule has 1 aliphatic rings. The van der Waals surface area contributed by atoms with Crippen LogP contribution in [0, 0.1) is 17.2 Å². The number of hydrogen-bond acceptors (Lipinski definition) is 2. The van der Waals surface area contributed by atoms with E-state index in [0.29, 0.717) is 5.02 Å². The van der Waals surface area contributed by atoms with Crippen molar-refractivity contribution in [3.8, 4) is 6.07 Å². The molecule has 2 nitrogen and oxygen atoms in total. The third kappa shape index (κ3) is 2.71. The van der Waals surface area contributed by atoms with Gasteiger partial charge in [-0.1, -0.05) is 29.8 Å². The molecule has 0 amide bonds. The molecule has 0 saturated heterocycles. The maximum atomic E-state index is 9.07. The third-order valence-corrected chi connectivity index (χ3v) is 3.00. The first-order valence-corrected chi connectivity index (χ1v) is 5.56. The van der Waals surface area contributed by atoms with E-state index in [1.54, 1.807) is 0 Å². The summed E-state index contributed by atoms with van der Waals surface area (Å²) in [5.74, 6) is 0.767. The number of hydrogen-bond donors (Lipinski definition) is 1. The van der Waals surface area contributed by atoms with Gasteiger partial charge in [0.1, 0.15) is 6.04 Å². The van der Waals surface area contributed by atoms with Crippen LogP contribution in [0.15, 0.2) is 24.3 Å². The largest absolute Gasteiger partial charge is 0.298 e. The van der Waals surface area contributed by atoms with Crippen molar-refractivity contribution in [1.82, 2.24) is 5.32 Å². The molecule has 0 aromatic heterocycles. The molecule has 1 fully saturated rings. The molecule has 3 heteroatoms. The van der Waals surface area contributed by atoms with Crippen molar-refractivity contribution < 1.29 is 0 Å². The topological polar surface area (TPSA) is 35.8 Å². The summed E-state index contributed by atoms with van der Waals surface area (Å²) < 4.78 is 0. The molecule has 0 heterocycles. The van der Waals surface area contributed by atoms with Crippen LogP contribution in [0.1, 0.15) is 24.4 Å². The zero-order chi connectivity index (χ0) is 10.7. The van der Waals surface area contributed by atoms with E-state index in [9.17, 15) is 0 Å². The van der Waals surface area contributed by atoms with Gasteiger partial charge >= 0.3 is 0 Å². The average Bonchev–Trinajstić information content (AvgIpc) is 3.05. The van der Waals surface area contributed by atoms with E-state index in [4.69, 9.17) is 16.9 Å². The summed E-state index contributed by atoms with van der Waals surface area (Å²) in [6.07, 6.45) is 2.57. The normalized spacial score (nSPS) is 17.1. The van der Waals surface area contributed by atoms with Crippen LogP contribution < -0.4 is 5.32 Å². The van der Waals surface area contributed by atoms with Crippen LogP contribution in [0.2, 0.25) is 5.02 Å². The second-order valence-corrected chi connectivity index (χ2v) is 4.34. The Morgan fingerprint density at radius 3 is 2.80 bits per heavy atom. The molecule has 1 N–H and O–H groups in total. The van der Waals surface area contributed by atoms with E-state index in [1.165, 1.54) is 12.8 Å². The summed E-state index contributed by atoms with van der Waals surface area (Å²) in [6.45, 7) is 0.920. The van der Waals surface area contributed by atoms with Crippen LogP contribution in [0.3, 0.4) is 0 Å². The molecule has 0 aliphatic heterocycles. The minimum Gasteiger partial charge on any atom is -0.298 e. The molecule has 1 unspecified atom stereocenters.